The zero-order valence-electron chi connectivity index (χ0n) is 8.89. The van der Waals surface area contributed by atoms with Crippen LogP contribution in [0.25, 0.3) is 0 Å². The van der Waals surface area contributed by atoms with Crippen LogP contribution in [-0.2, 0) is 0 Å². The fourth-order valence-corrected chi connectivity index (χ4v) is 1.80. The predicted octanol–water partition coefficient (Wildman–Crippen LogP) is 3.30. The van der Waals surface area contributed by atoms with Crippen LogP contribution in [0.15, 0.2) is 42.9 Å². The third kappa shape index (κ3) is 2.49. The lowest BCUT2D eigenvalue weighted by molar-refractivity contribution is 0.872. The van der Waals surface area contributed by atoms with Crippen LogP contribution in [0.1, 0.15) is 18.5 Å². The first-order valence-electron chi connectivity index (χ1n) is 5.04. The summed E-state index contributed by atoms with van der Waals surface area (Å²) in [6.07, 6.45) is 3.22. The molecule has 82 valence electrons. The number of halogens is 1. The molecule has 0 spiro atoms. The molecule has 0 bridgehead atoms. The minimum Gasteiger partial charge on any atom is -0.363 e. The summed E-state index contributed by atoms with van der Waals surface area (Å²) >= 11 is 6.11. The van der Waals surface area contributed by atoms with E-state index in [0.29, 0.717) is 0 Å². The van der Waals surface area contributed by atoms with Gasteiger partial charge in [-0.05, 0) is 24.6 Å². The summed E-state index contributed by atoms with van der Waals surface area (Å²) < 4.78 is 0. The topological polar surface area (TPSA) is 37.8 Å². The van der Waals surface area contributed by atoms with E-state index in [-0.39, 0.29) is 6.04 Å². The van der Waals surface area contributed by atoms with Crippen molar-refractivity contribution in [2.75, 3.05) is 5.32 Å². The van der Waals surface area contributed by atoms with Gasteiger partial charge in [0.05, 0.1) is 6.04 Å². The third-order valence-electron chi connectivity index (χ3n) is 2.32. The largest absolute Gasteiger partial charge is 0.363 e. The quantitative estimate of drug-likeness (QED) is 0.884. The Bertz CT molecular complexity index is 459. The molecular formula is C12H12ClN3. The lowest BCUT2D eigenvalue weighted by Crippen LogP contribution is -2.08. The summed E-state index contributed by atoms with van der Waals surface area (Å²) in [5.74, 6) is 0.794. The Balaban J connectivity index is 2.15. The summed E-state index contributed by atoms with van der Waals surface area (Å²) in [4.78, 5) is 7.97. The number of aromatic nitrogens is 2. The normalized spacial score (nSPS) is 12.1. The molecule has 4 heteroatoms. The molecule has 3 nitrogen and oxygen atoms in total. The molecule has 0 aliphatic carbocycles. The van der Waals surface area contributed by atoms with Gasteiger partial charge in [0.1, 0.15) is 12.1 Å². The average molecular weight is 234 g/mol. The molecule has 1 aromatic carbocycles. The second-order valence-corrected chi connectivity index (χ2v) is 3.89. The molecule has 0 saturated carbocycles. The fraction of sp³-hybridized carbons (Fsp3) is 0.167. The Morgan fingerprint density at radius 1 is 1.25 bits per heavy atom. The molecule has 0 radical (unpaired) electrons. The van der Waals surface area contributed by atoms with E-state index in [9.17, 15) is 0 Å². The third-order valence-corrected chi connectivity index (χ3v) is 2.66. The second kappa shape index (κ2) is 4.94. The average Bonchev–Trinajstić information content (AvgIpc) is 2.31. The van der Waals surface area contributed by atoms with E-state index >= 15 is 0 Å². The van der Waals surface area contributed by atoms with Gasteiger partial charge >= 0.3 is 0 Å². The smallest absolute Gasteiger partial charge is 0.129 e. The van der Waals surface area contributed by atoms with Gasteiger partial charge in [0, 0.05) is 11.2 Å². The number of anilines is 1. The minimum absolute atomic E-state index is 0.114. The van der Waals surface area contributed by atoms with Crippen molar-refractivity contribution in [1.29, 1.82) is 0 Å². The lowest BCUT2D eigenvalue weighted by Gasteiger charge is -2.15. The van der Waals surface area contributed by atoms with Gasteiger partial charge in [-0.25, -0.2) is 9.97 Å². The number of rotatable bonds is 3. The summed E-state index contributed by atoms with van der Waals surface area (Å²) in [6, 6.07) is 9.72. The van der Waals surface area contributed by atoms with E-state index < -0.39 is 0 Å². The number of hydrogen-bond donors (Lipinski definition) is 1. The van der Waals surface area contributed by atoms with E-state index in [2.05, 4.69) is 15.3 Å². The standard InChI is InChI=1S/C12H12ClN3/c1-9(10-4-2-3-5-11(10)13)16-12-6-7-14-8-15-12/h2-9H,1H3,(H,14,15,16). The van der Waals surface area contributed by atoms with Crippen molar-refractivity contribution >= 4 is 17.4 Å². The maximum atomic E-state index is 6.11. The van der Waals surface area contributed by atoms with Crippen LogP contribution in [0.5, 0.6) is 0 Å². The van der Waals surface area contributed by atoms with Gasteiger partial charge in [-0.3, -0.25) is 0 Å². The van der Waals surface area contributed by atoms with Crippen molar-refractivity contribution in [3.05, 3.63) is 53.4 Å². The Labute approximate surface area is 99.5 Å². The second-order valence-electron chi connectivity index (χ2n) is 3.48. The molecule has 2 rings (SSSR count). The fourth-order valence-electron chi connectivity index (χ4n) is 1.50. The highest BCUT2D eigenvalue weighted by atomic mass is 35.5. The van der Waals surface area contributed by atoms with Gasteiger partial charge in [-0.15, -0.1) is 0 Å². The van der Waals surface area contributed by atoms with Crippen molar-refractivity contribution in [1.82, 2.24) is 9.97 Å². The van der Waals surface area contributed by atoms with Crippen molar-refractivity contribution in [3.8, 4) is 0 Å². The van der Waals surface area contributed by atoms with E-state index in [1.807, 2.05) is 37.3 Å². The number of nitrogens with one attached hydrogen (secondary N) is 1. The summed E-state index contributed by atoms with van der Waals surface area (Å²) in [5, 5.41) is 4.02. The van der Waals surface area contributed by atoms with Crippen LogP contribution < -0.4 is 5.32 Å². The van der Waals surface area contributed by atoms with E-state index in [1.165, 1.54) is 6.33 Å². The number of benzene rings is 1. The van der Waals surface area contributed by atoms with E-state index in [1.54, 1.807) is 6.20 Å². The van der Waals surface area contributed by atoms with Crippen molar-refractivity contribution in [3.63, 3.8) is 0 Å². The summed E-state index contributed by atoms with van der Waals surface area (Å²) in [5.41, 5.74) is 1.06. The van der Waals surface area contributed by atoms with Crippen LogP contribution in [0.4, 0.5) is 5.82 Å². The van der Waals surface area contributed by atoms with Gasteiger partial charge in [0.25, 0.3) is 0 Å². The molecule has 1 unspecified atom stereocenters. The zero-order valence-corrected chi connectivity index (χ0v) is 9.65. The maximum absolute atomic E-state index is 6.11. The molecule has 1 N–H and O–H groups in total. The van der Waals surface area contributed by atoms with Crippen LogP contribution in [-0.4, -0.2) is 9.97 Å². The first kappa shape index (κ1) is 10.9. The highest BCUT2D eigenvalue weighted by Crippen LogP contribution is 2.24. The minimum atomic E-state index is 0.114. The molecular weight excluding hydrogens is 222 g/mol. The Morgan fingerprint density at radius 2 is 2.06 bits per heavy atom. The van der Waals surface area contributed by atoms with Crippen LogP contribution >= 0.6 is 11.6 Å². The molecule has 0 aliphatic heterocycles. The highest BCUT2D eigenvalue weighted by Gasteiger charge is 2.08. The van der Waals surface area contributed by atoms with Crippen LogP contribution in [0, 0.1) is 0 Å². The van der Waals surface area contributed by atoms with Gasteiger partial charge in [-0.1, -0.05) is 29.8 Å². The Morgan fingerprint density at radius 3 is 2.75 bits per heavy atom. The number of nitrogens with zero attached hydrogens (tertiary/aromatic N) is 2. The van der Waals surface area contributed by atoms with E-state index in [4.69, 9.17) is 11.6 Å². The Hall–Kier alpha value is -1.61. The molecule has 1 atom stereocenters. The summed E-state index contributed by atoms with van der Waals surface area (Å²) in [6.45, 7) is 2.04. The highest BCUT2D eigenvalue weighted by molar-refractivity contribution is 6.31. The first-order valence-corrected chi connectivity index (χ1v) is 5.42. The molecule has 16 heavy (non-hydrogen) atoms. The number of hydrogen-bond acceptors (Lipinski definition) is 3. The monoisotopic (exact) mass is 233 g/mol. The first-order chi connectivity index (χ1) is 7.77. The van der Waals surface area contributed by atoms with Crippen molar-refractivity contribution < 1.29 is 0 Å². The maximum Gasteiger partial charge on any atom is 0.129 e. The molecule has 2 aromatic rings. The van der Waals surface area contributed by atoms with Gasteiger partial charge in [0.2, 0.25) is 0 Å². The predicted molar refractivity (Wildman–Crippen MR) is 65.5 cm³/mol. The summed E-state index contributed by atoms with van der Waals surface area (Å²) in [7, 11) is 0. The zero-order chi connectivity index (χ0) is 11.4. The molecule has 1 heterocycles. The lowest BCUT2D eigenvalue weighted by atomic mass is 10.1. The van der Waals surface area contributed by atoms with Crippen molar-refractivity contribution in [2.24, 2.45) is 0 Å². The molecule has 0 aliphatic rings. The van der Waals surface area contributed by atoms with Crippen LogP contribution in [0.3, 0.4) is 0 Å². The van der Waals surface area contributed by atoms with Crippen LogP contribution in [0.2, 0.25) is 5.02 Å². The Kier molecular flexibility index (Phi) is 3.37. The molecule has 1 aromatic heterocycles. The van der Waals surface area contributed by atoms with Crippen molar-refractivity contribution in [2.45, 2.75) is 13.0 Å². The van der Waals surface area contributed by atoms with Gasteiger partial charge < -0.3 is 5.32 Å². The molecule has 0 amide bonds. The van der Waals surface area contributed by atoms with E-state index in [0.717, 1.165) is 16.4 Å². The molecule has 0 saturated heterocycles. The molecule has 0 fully saturated rings. The van der Waals surface area contributed by atoms with Gasteiger partial charge in [-0.2, -0.15) is 0 Å². The SMILES string of the molecule is CC(Nc1ccncn1)c1ccccc1Cl. The van der Waals surface area contributed by atoms with Gasteiger partial charge in [0.15, 0.2) is 0 Å².